The van der Waals surface area contributed by atoms with Gasteiger partial charge in [0.1, 0.15) is 5.82 Å². The highest BCUT2D eigenvalue weighted by atomic mass is 16.1. The van der Waals surface area contributed by atoms with E-state index < -0.39 is 0 Å². The lowest BCUT2D eigenvalue weighted by Crippen LogP contribution is -2.13. The molecule has 1 unspecified atom stereocenters. The number of nitrogens with one attached hydrogen (secondary N) is 2. The highest BCUT2D eigenvalue weighted by Gasteiger charge is 2.15. The standard InChI is InChI=1S/C23H24N4O/c1-16-25-12-10-22(26-16)20-3-2-4-21(14-20)27-23(28)19-7-5-17(6-8-19)13-18-9-11-24-15-18/h2-8,10,12,14,18,24H,9,11,13,15H2,1H3,(H,27,28). The van der Waals surface area contributed by atoms with E-state index in [4.69, 9.17) is 0 Å². The quantitative estimate of drug-likeness (QED) is 0.714. The van der Waals surface area contributed by atoms with E-state index in [1.54, 1.807) is 6.20 Å². The summed E-state index contributed by atoms with van der Waals surface area (Å²) >= 11 is 0. The molecule has 2 N–H and O–H groups in total. The number of aryl methyl sites for hydroxylation is 1. The van der Waals surface area contributed by atoms with E-state index in [-0.39, 0.29) is 5.91 Å². The van der Waals surface area contributed by atoms with E-state index in [1.807, 2.05) is 49.4 Å². The molecule has 1 aliphatic heterocycles. The first-order valence-corrected chi connectivity index (χ1v) is 9.68. The number of rotatable bonds is 5. The van der Waals surface area contributed by atoms with Gasteiger partial charge in [0, 0.05) is 23.0 Å². The minimum Gasteiger partial charge on any atom is -0.322 e. The highest BCUT2D eigenvalue weighted by Crippen LogP contribution is 2.21. The Morgan fingerprint density at radius 1 is 1.18 bits per heavy atom. The Morgan fingerprint density at radius 3 is 2.79 bits per heavy atom. The summed E-state index contributed by atoms with van der Waals surface area (Å²) in [5.41, 5.74) is 4.49. The second kappa shape index (κ2) is 8.31. The molecular formula is C23H24N4O. The van der Waals surface area contributed by atoms with Gasteiger partial charge in [-0.3, -0.25) is 4.79 Å². The van der Waals surface area contributed by atoms with Crippen LogP contribution in [0.25, 0.3) is 11.3 Å². The molecule has 142 valence electrons. The lowest BCUT2D eigenvalue weighted by Gasteiger charge is -2.10. The second-order valence-corrected chi connectivity index (χ2v) is 7.28. The maximum absolute atomic E-state index is 12.6. The summed E-state index contributed by atoms with van der Waals surface area (Å²) in [6.07, 6.45) is 4.03. The van der Waals surface area contributed by atoms with Gasteiger partial charge in [0.05, 0.1) is 5.69 Å². The normalized spacial score (nSPS) is 16.1. The van der Waals surface area contributed by atoms with Crippen LogP contribution in [0.4, 0.5) is 5.69 Å². The number of aromatic nitrogens is 2. The first-order chi connectivity index (χ1) is 13.7. The van der Waals surface area contributed by atoms with E-state index in [0.29, 0.717) is 11.5 Å². The van der Waals surface area contributed by atoms with Gasteiger partial charge in [-0.05, 0) is 74.7 Å². The predicted molar refractivity (Wildman–Crippen MR) is 111 cm³/mol. The molecule has 3 aromatic rings. The number of amides is 1. The lowest BCUT2D eigenvalue weighted by atomic mass is 9.98. The van der Waals surface area contributed by atoms with Crippen LogP contribution in [0.15, 0.2) is 60.8 Å². The molecule has 0 spiro atoms. The van der Waals surface area contributed by atoms with Gasteiger partial charge in [0.25, 0.3) is 5.91 Å². The fourth-order valence-electron chi connectivity index (χ4n) is 3.59. The smallest absolute Gasteiger partial charge is 0.255 e. The van der Waals surface area contributed by atoms with E-state index in [0.717, 1.165) is 42.3 Å². The fourth-order valence-corrected chi connectivity index (χ4v) is 3.59. The first kappa shape index (κ1) is 18.3. The van der Waals surface area contributed by atoms with E-state index in [9.17, 15) is 4.79 Å². The Bertz CT molecular complexity index is 962. The summed E-state index contributed by atoms with van der Waals surface area (Å²) in [7, 11) is 0. The van der Waals surface area contributed by atoms with Crippen molar-refractivity contribution in [3.63, 3.8) is 0 Å². The monoisotopic (exact) mass is 372 g/mol. The third kappa shape index (κ3) is 4.43. The van der Waals surface area contributed by atoms with Crippen LogP contribution in [0, 0.1) is 12.8 Å². The van der Waals surface area contributed by atoms with Crippen molar-refractivity contribution >= 4 is 11.6 Å². The molecule has 0 bridgehead atoms. The second-order valence-electron chi connectivity index (χ2n) is 7.28. The molecule has 0 aliphatic carbocycles. The Balaban J connectivity index is 1.44. The van der Waals surface area contributed by atoms with Gasteiger partial charge >= 0.3 is 0 Å². The van der Waals surface area contributed by atoms with Crippen molar-refractivity contribution in [3.05, 3.63) is 77.7 Å². The summed E-state index contributed by atoms with van der Waals surface area (Å²) in [4.78, 5) is 21.2. The van der Waals surface area contributed by atoms with Crippen LogP contribution >= 0.6 is 0 Å². The molecule has 4 rings (SSSR count). The zero-order chi connectivity index (χ0) is 19.3. The first-order valence-electron chi connectivity index (χ1n) is 9.68. The number of hydrogen-bond donors (Lipinski definition) is 2. The molecule has 1 aliphatic rings. The number of hydrogen-bond acceptors (Lipinski definition) is 4. The zero-order valence-corrected chi connectivity index (χ0v) is 16.0. The molecule has 1 saturated heterocycles. The van der Waals surface area contributed by atoms with Crippen molar-refractivity contribution in [3.8, 4) is 11.3 Å². The van der Waals surface area contributed by atoms with Crippen LogP contribution in [-0.4, -0.2) is 29.0 Å². The summed E-state index contributed by atoms with van der Waals surface area (Å²) in [5.74, 6) is 1.32. The fraction of sp³-hybridized carbons (Fsp3) is 0.261. The van der Waals surface area contributed by atoms with Gasteiger partial charge in [-0.25, -0.2) is 9.97 Å². The van der Waals surface area contributed by atoms with E-state index in [2.05, 4.69) is 32.7 Å². The summed E-state index contributed by atoms with van der Waals surface area (Å²) < 4.78 is 0. The maximum atomic E-state index is 12.6. The van der Waals surface area contributed by atoms with Crippen LogP contribution in [0.1, 0.15) is 28.2 Å². The minimum atomic E-state index is -0.106. The van der Waals surface area contributed by atoms with Crippen LogP contribution < -0.4 is 10.6 Å². The van der Waals surface area contributed by atoms with Crippen molar-refractivity contribution < 1.29 is 4.79 Å². The summed E-state index contributed by atoms with van der Waals surface area (Å²) in [6.45, 7) is 4.06. The number of carbonyl (C=O) groups excluding carboxylic acids is 1. The van der Waals surface area contributed by atoms with Gasteiger partial charge in [-0.15, -0.1) is 0 Å². The molecule has 0 saturated carbocycles. The van der Waals surface area contributed by atoms with Crippen molar-refractivity contribution in [2.75, 3.05) is 18.4 Å². The average Bonchev–Trinajstić information content (AvgIpc) is 3.22. The van der Waals surface area contributed by atoms with Gasteiger partial charge in [-0.2, -0.15) is 0 Å². The molecule has 1 atom stereocenters. The van der Waals surface area contributed by atoms with Crippen LogP contribution in [-0.2, 0) is 6.42 Å². The number of benzene rings is 2. The maximum Gasteiger partial charge on any atom is 0.255 e. The average molecular weight is 372 g/mol. The zero-order valence-electron chi connectivity index (χ0n) is 16.0. The van der Waals surface area contributed by atoms with Gasteiger partial charge < -0.3 is 10.6 Å². The van der Waals surface area contributed by atoms with E-state index in [1.165, 1.54) is 12.0 Å². The SMILES string of the molecule is Cc1nccc(-c2cccc(NC(=O)c3ccc(CC4CCNC4)cc3)c2)n1. The number of nitrogens with zero attached hydrogens (tertiary/aromatic N) is 2. The van der Waals surface area contributed by atoms with Gasteiger partial charge in [0.2, 0.25) is 0 Å². The van der Waals surface area contributed by atoms with Crippen molar-refractivity contribution in [2.45, 2.75) is 19.8 Å². The predicted octanol–water partition coefficient (Wildman–Crippen LogP) is 3.86. The molecule has 1 aromatic heterocycles. The Labute approximate surface area is 165 Å². The molecule has 28 heavy (non-hydrogen) atoms. The molecule has 5 heteroatoms. The highest BCUT2D eigenvalue weighted by molar-refractivity contribution is 6.04. The molecule has 2 heterocycles. The molecule has 0 radical (unpaired) electrons. The molecule has 1 fully saturated rings. The van der Waals surface area contributed by atoms with Gasteiger partial charge in [0.15, 0.2) is 0 Å². The number of anilines is 1. The van der Waals surface area contributed by atoms with Gasteiger partial charge in [-0.1, -0.05) is 24.3 Å². The Morgan fingerprint density at radius 2 is 2.04 bits per heavy atom. The Kier molecular flexibility index (Phi) is 5.44. The topological polar surface area (TPSA) is 66.9 Å². The molecule has 1 amide bonds. The summed E-state index contributed by atoms with van der Waals surface area (Å²) in [6, 6.07) is 17.5. The minimum absolute atomic E-state index is 0.106. The molecule has 5 nitrogen and oxygen atoms in total. The molecule has 2 aromatic carbocycles. The third-order valence-electron chi connectivity index (χ3n) is 5.10. The van der Waals surface area contributed by atoms with Crippen LogP contribution in [0.3, 0.4) is 0 Å². The molecular weight excluding hydrogens is 348 g/mol. The lowest BCUT2D eigenvalue weighted by molar-refractivity contribution is 0.102. The van der Waals surface area contributed by atoms with Crippen LogP contribution in [0.5, 0.6) is 0 Å². The Hall–Kier alpha value is -3.05. The van der Waals surface area contributed by atoms with Crippen molar-refractivity contribution in [1.29, 1.82) is 0 Å². The van der Waals surface area contributed by atoms with Crippen molar-refractivity contribution in [2.24, 2.45) is 5.92 Å². The largest absolute Gasteiger partial charge is 0.322 e. The number of carbonyl (C=O) groups is 1. The van der Waals surface area contributed by atoms with Crippen molar-refractivity contribution in [1.82, 2.24) is 15.3 Å². The van der Waals surface area contributed by atoms with Crippen LogP contribution in [0.2, 0.25) is 0 Å². The third-order valence-corrected chi connectivity index (χ3v) is 5.10. The summed E-state index contributed by atoms with van der Waals surface area (Å²) in [5, 5.41) is 6.38. The van der Waals surface area contributed by atoms with E-state index >= 15 is 0 Å².